The van der Waals surface area contributed by atoms with Crippen molar-refractivity contribution in [1.29, 1.82) is 5.26 Å². The van der Waals surface area contributed by atoms with Crippen LogP contribution in [0.1, 0.15) is 16.7 Å². The van der Waals surface area contributed by atoms with Gasteiger partial charge in [0.05, 0.1) is 11.6 Å². The summed E-state index contributed by atoms with van der Waals surface area (Å²) in [6.45, 7) is 2.55. The number of hydrogen-bond acceptors (Lipinski definition) is 2. The summed E-state index contributed by atoms with van der Waals surface area (Å²) >= 11 is 12.1. The van der Waals surface area contributed by atoms with Gasteiger partial charge in [-0.05, 0) is 48.4 Å². The van der Waals surface area contributed by atoms with Crippen LogP contribution in [-0.2, 0) is 6.54 Å². The Kier molecular flexibility index (Phi) is 4.31. The lowest BCUT2D eigenvalue weighted by molar-refractivity contribution is 1.14. The predicted molar refractivity (Wildman–Crippen MR) is 79.7 cm³/mol. The van der Waals surface area contributed by atoms with Gasteiger partial charge >= 0.3 is 0 Å². The van der Waals surface area contributed by atoms with Gasteiger partial charge in [0.1, 0.15) is 0 Å². The molecule has 0 heterocycles. The van der Waals surface area contributed by atoms with E-state index in [0.717, 1.165) is 16.8 Å². The first kappa shape index (κ1) is 13.7. The van der Waals surface area contributed by atoms with Crippen LogP contribution in [0.3, 0.4) is 0 Å². The Balaban J connectivity index is 2.19. The molecule has 0 aromatic heterocycles. The Labute approximate surface area is 122 Å². The fourth-order valence-corrected chi connectivity index (χ4v) is 2.13. The highest BCUT2D eigenvalue weighted by Crippen LogP contribution is 2.23. The maximum atomic E-state index is 8.90. The average Bonchev–Trinajstić information content (AvgIpc) is 2.41. The molecule has 96 valence electrons. The maximum Gasteiger partial charge on any atom is 0.0992 e. The molecule has 0 unspecified atom stereocenters. The van der Waals surface area contributed by atoms with Crippen molar-refractivity contribution in [2.75, 3.05) is 5.32 Å². The summed E-state index contributed by atoms with van der Waals surface area (Å²) in [5, 5.41) is 13.5. The van der Waals surface area contributed by atoms with E-state index in [1.54, 1.807) is 18.2 Å². The van der Waals surface area contributed by atoms with E-state index in [0.29, 0.717) is 22.2 Å². The fourth-order valence-electron chi connectivity index (χ4n) is 1.75. The van der Waals surface area contributed by atoms with Crippen molar-refractivity contribution in [3.63, 3.8) is 0 Å². The molecule has 4 heteroatoms. The van der Waals surface area contributed by atoms with Crippen LogP contribution in [0, 0.1) is 18.3 Å². The number of aryl methyl sites for hydroxylation is 1. The molecule has 2 rings (SSSR count). The molecule has 0 aliphatic heterocycles. The quantitative estimate of drug-likeness (QED) is 0.882. The first-order chi connectivity index (χ1) is 9.10. The number of rotatable bonds is 3. The second-order valence-corrected chi connectivity index (χ2v) is 5.07. The summed E-state index contributed by atoms with van der Waals surface area (Å²) in [5.74, 6) is 0. The molecule has 2 aromatic carbocycles. The van der Waals surface area contributed by atoms with Crippen molar-refractivity contribution in [3.8, 4) is 6.07 Å². The number of nitriles is 1. The van der Waals surface area contributed by atoms with Crippen molar-refractivity contribution in [2.24, 2.45) is 0 Å². The Hall–Kier alpha value is -1.69. The molecule has 0 atom stereocenters. The number of hydrogen-bond donors (Lipinski definition) is 1. The molecule has 2 aromatic rings. The van der Waals surface area contributed by atoms with E-state index >= 15 is 0 Å². The van der Waals surface area contributed by atoms with Gasteiger partial charge in [-0.25, -0.2) is 0 Å². The summed E-state index contributed by atoms with van der Waals surface area (Å²) in [4.78, 5) is 0. The molecule has 1 N–H and O–H groups in total. The van der Waals surface area contributed by atoms with E-state index < -0.39 is 0 Å². The third-order valence-corrected chi connectivity index (χ3v) is 3.45. The molecule has 0 saturated heterocycles. The third-order valence-electron chi connectivity index (χ3n) is 2.84. The SMILES string of the molecule is Cc1ccc(C#N)cc1NCc1cc(Cl)ccc1Cl. The molecule has 0 aliphatic carbocycles. The molecule has 19 heavy (non-hydrogen) atoms. The summed E-state index contributed by atoms with van der Waals surface area (Å²) in [5.41, 5.74) is 3.56. The maximum absolute atomic E-state index is 8.90. The first-order valence-electron chi connectivity index (χ1n) is 5.78. The minimum Gasteiger partial charge on any atom is -0.381 e. The van der Waals surface area contributed by atoms with Crippen LogP contribution >= 0.6 is 23.2 Å². The molecule has 0 radical (unpaired) electrons. The molecule has 0 amide bonds. The number of nitrogens with one attached hydrogen (secondary N) is 1. The fraction of sp³-hybridized carbons (Fsp3) is 0.133. The highest BCUT2D eigenvalue weighted by Gasteiger charge is 2.04. The number of nitrogens with zero attached hydrogens (tertiary/aromatic N) is 1. The predicted octanol–water partition coefficient (Wildman–Crippen LogP) is 4.79. The van der Waals surface area contributed by atoms with Crippen LogP contribution in [0.25, 0.3) is 0 Å². The Morgan fingerprint density at radius 3 is 2.68 bits per heavy atom. The van der Waals surface area contributed by atoms with Crippen LogP contribution in [0.5, 0.6) is 0 Å². The molecule has 0 bridgehead atoms. The zero-order valence-corrected chi connectivity index (χ0v) is 11.9. The molecule has 0 spiro atoms. The minimum absolute atomic E-state index is 0.565. The second kappa shape index (κ2) is 5.97. The highest BCUT2D eigenvalue weighted by molar-refractivity contribution is 6.33. The number of benzene rings is 2. The van der Waals surface area contributed by atoms with Crippen molar-refractivity contribution < 1.29 is 0 Å². The summed E-state index contributed by atoms with van der Waals surface area (Å²) < 4.78 is 0. The van der Waals surface area contributed by atoms with E-state index in [4.69, 9.17) is 28.5 Å². The van der Waals surface area contributed by atoms with Crippen molar-refractivity contribution >= 4 is 28.9 Å². The van der Waals surface area contributed by atoms with E-state index in [2.05, 4.69) is 11.4 Å². The highest BCUT2D eigenvalue weighted by atomic mass is 35.5. The number of halogens is 2. The first-order valence-corrected chi connectivity index (χ1v) is 6.54. The van der Waals surface area contributed by atoms with Gasteiger partial charge in [-0.15, -0.1) is 0 Å². The lowest BCUT2D eigenvalue weighted by atomic mass is 10.1. The average molecular weight is 291 g/mol. The summed E-state index contributed by atoms with van der Waals surface area (Å²) in [6, 6.07) is 13.0. The third kappa shape index (κ3) is 3.41. The monoisotopic (exact) mass is 290 g/mol. The number of anilines is 1. The topological polar surface area (TPSA) is 35.8 Å². The Bertz CT molecular complexity index is 645. The van der Waals surface area contributed by atoms with Crippen LogP contribution in [-0.4, -0.2) is 0 Å². The van der Waals surface area contributed by atoms with E-state index in [-0.39, 0.29) is 0 Å². The normalized spacial score (nSPS) is 10.0. The van der Waals surface area contributed by atoms with E-state index in [9.17, 15) is 0 Å². The van der Waals surface area contributed by atoms with Gasteiger partial charge < -0.3 is 5.32 Å². The molecule has 0 aliphatic rings. The molecular weight excluding hydrogens is 279 g/mol. The Morgan fingerprint density at radius 2 is 1.95 bits per heavy atom. The molecule has 0 saturated carbocycles. The van der Waals surface area contributed by atoms with Gasteiger partial charge in [0, 0.05) is 22.3 Å². The summed E-state index contributed by atoms with van der Waals surface area (Å²) in [7, 11) is 0. The van der Waals surface area contributed by atoms with Crippen LogP contribution in [0.15, 0.2) is 36.4 Å². The van der Waals surface area contributed by atoms with Gasteiger partial charge in [-0.3, -0.25) is 0 Å². The lowest BCUT2D eigenvalue weighted by Gasteiger charge is -2.11. The van der Waals surface area contributed by atoms with Crippen molar-refractivity contribution in [3.05, 3.63) is 63.1 Å². The van der Waals surface area contributed by atoms with Gasteiger partial charge in [0.2, 0.25) is 0 Å². The van der Waals surface area contributed by atoms with E-state index in [1.807, 2.05) is 25.1 Å². The Morgan fingerprint density at radius 1 is 1.16 bits per heavy atom. The van der Waals surface area contributed by atoms with Crippen LogP contribution < -0.4 is 5.32 Å². The lowest BCUT2D eigenvalue weighted by Crippen LogP contribution is -2.02. The van der Waals surface area contributed by atoms with Crippen molar-refractivity contribution in [1.82, 2.24) is 0 Å². The zero-order valence-electron chi connectivity index (χ0n) is 10.4. The minimum atomic E-state index is 0.565. The smallest absolute Gasteiger partial charge is 0.0992 e. The molecule has 0 fully saturated rings. The van der Waals surface area contributed by atoms with Crippen LogP contribution in [0.2, 0.25) is 10.0 Å². The van der Waals surface area contributed by atoms with Gasteiger partial charge in [0.15, 0.2) is 0 Å². The van der Waals surface area contributed by atoms with E-state index in [1.165, 1.54) is 0 Å². The molecule has 2 nitrogen and oxygen atoms in total. The van der Waals surface area contributed by atoms with Gasteiger partial charge in [-0.2, -0.15) is 5.26 Å². The van der Waals surface area contributed by atoms with Crippen molar-refractivity contribution in [2.45, 2.75) is 13.5 Å². The van der Waals surface area contributed by atoms with Gasteiger partial charge in [0.25, 0.3) is 0 Å². The largest absolute Gasteiger partial charge is 0.381 e. The second-order valence-electron chi connectivity index (χ2n) is 4.23. The van der Waals surface area contributed by atoms with Crippen LogP contribution in [0.4, 0.5) is 5.69 Å². The van der Waals surface area contributed by atoms with Gasteiger partial charge in [-0.1, -0.05) is 29.3 Å². The summed E-state index contributed by atoms with van der Waals surface area (Å²) in [6.07, 6.45) is 0. The zero-order chi connectivity index (χ0) is 13.8. The standard InChI is InChI=1S/C15H12Cl2N2/c1-10-2-3-11(8-18)6-15(10)19-9-12-7-13(16)4-5-14(12)17/h2-7,19H,9H2,1H3. The molecular formula is C15H12Cl2N2.